The molecular weight excluding hydrogens is 196 g/mol. The molecule has 0 saturated carbocycles. The monoisotopic (exact) mass is 212 g/mol. The lowest BCUT2D eigenvalue weighted by molar-refractivity contribution is -0.125. The molecule has 5 nitrogen and oxygen atoms in total. The van der Waals surface area contributed by atoms with Crippen LogP contribution in [0, 0.1) is 0 Å². The smallest absolute Gasteiger partial charge is 0.244 e. The van der Waals surface area contributed by atoms with Crippen LogP contribution in [0.4, 0.5) is 0 Å². The fraction of sp³-hybridized carbons (Fsp3) is 0.800. The van der Waals surface area contributed by atoms with Crippen LogP contribution < -0.4 is 10.6 Å². The summed E-state index contributed by atoms with van der Waals surface area (Å²) in [5.41, 5.74) is 0. The molecule has 0 aliphatic carbocycles. The van der Waals surface area contributed by atoms with Crippen LogP contribution >= 0.6 is 0 Å². The highest BCUT2D eigenvalue weighted by Gasteiger charge is 2.30. The van der Waals surface area contributed by atoms with Crippen LogP contribution in [0.1, 0.15) is 25.7 Å². The van der Waals surface area contributed by atoms with E-state index in [0.29, 0.717) is 6.54 Å². The molecule has 2 fully saturated rings. The Labute approximate surface area is 88.5 Å². The molecule has 2 atom stereocenters. The summed E-state index contributed by atoms with van der Waals surface area (Å²) in [5.74, 6) is -0.405. The van der Waals surface area contributed by atoms with E-state index in [9.17, 15) is 9.59 Å². The zero-order valence-electron chi connectivity index (χ0n) is 8.62. The number of imide groups is 1. The lowest BCUT2D eigenvalue weighted by Crippen LogP contribution is -2.41. The summed E-state index contributed by atoms with van der Waals surface area (Å²) in [4.78, 5) is 22.1. The zero-order valence-corrected chi connectivity index (χ0v) is 8.62. The molecule has 2 aliphatic rings. The van der Waals surface area contributed by atoms with E-state index >= 15 is 0 Å². The molecule has 2 unspecified atom stereocenters. The Balaban J connectivity index is 1.73. The summed E-state index contributed by atoms with van der Waals surface area (Å²) < 4.78 is 5.52. The van der Waals surface area contributed by atoms with Gasteiger partial charge in [-0.1, -0.05) is 0 Å². The first-order valence-corrected chi connectivity index (χ1v) is 5.44. The summed E-state index contributed by atoms with van der Waals surface area (Å²) in [5, 5.41) is 5.35. The van der Waals surface area contributed by atoms with Crippen LogP contribution in [0.3, 0.4) is 0 Å². The lowest BCUT2D eigenvalue weighted by atomic mass is 10.1. The predicted octanol–water partition coefficient (Wildman–Crippen LogP) is -0.440. The first-order valence-electron chi connectivity index (χ1n) is 5.44. The average molecular weight is 212 g/mol. The normalized spacial score (nSPS) is 31.7. The summed E-state index contributed by atoms with van der Waals surface area (Å²) in [6.07, 6.45) is 3.80. The van der Waals surface area contributed by atoms with Crippen LogP contribution in [-0.4, -0.2) is 37.1 Å². The van der Waals surface area contributed by atoms with E-state index in [4.69, 9.17) is 4.74 Å². The van der Waals surface area contributed by atoms with Gasteiger partial charge in [0.05, 0.1) is 18.6 Å². The van der Waals surface area contributed by atoms with Gasteiger partial charge in [-0.05, 0) is 19.3 Å². The minimum absolute atomic E-state index is 0.193. The Morgan fingerprint density at radius 1 is 1.40 bits per heavy atom. The van der Waals surface area contributed by atoms with Gasteiger partial charge in [0.1, 0.15) is 0 Å². The Kier molecular flexibility index (Phi) is 3.33. The molecule has 0 aromatic carbocycles. The largest absolute Gasteiger partial charge is 0.377 e. The van der Waals surface area contributed by atoms with Crippen LogP contribution in [0.2, 0.25) is 0 Å². The van der Waals surface area contributed by atoms with Crippen molar-refractivity contribution in [2.75, 3.05) is 13.2 Å². The van der Waals surface area contributed by atoms with Crippen molar-refractivity contribution in [1.29, 1.82) is 0 Å². The zero-order chi connectivity index (χ0) is 10.7. The second kappa shape index (κ2) is 4.72. The maximum Gasteiger partial charge on any atom is 0.244 e. The average Bonchev–Trinajstić information content (AvgIpc) is 2.56. The van der Waals surface area contributed by atoms with Crippen molar-refractivity contribution < 1.29 is 14.3 Å². The molecule has 2 saturated heterocycles. The van der Waals surface area contributed by atoms with Gasteiger partial charge in [-0.25, -0.2) is 0 Å². The Bertz CT molecular complexity index is 261. The highest BCUT2D eigenvalue weighted by atomic mass is 16.5. The van der Waals surface area contributed by atoms with Gasteiger partial charge in [0, 0.05) is 13.2 Å². The molecule has 2 heterocycles. The number of carbonyl (C=O) groups is 2. The highest BCUT2D eigenvalue weighted by molar-refractivity contribution is 6.05. The molecule has 84 valence electrons. The fourth-order valence-electron chi connectivity index (χ4n) is 1.96. The maximum atomic E-state index is 11.2. The second-order valence-electron chi connectivity index (χ2n) is 4.07. The number of amides is 2. The number of hydrogen-bond acceptors (Lipinski definition) is 4. The number of nitrogens with one attached hydrogen (secondary N) is 2. The van der Waals surface area contributed by atoms with Crippen LogP contribution in [-0.2, 0) is 14.3 Å². The molecule has 2 amide bonds. The quantitative estimate of drug-likeness (QED) is 0.622. The molecule has 2 aliphatic heterocycles. The minimum Gasteiger partial charge on any atom is -0.377 e. The summed E-state index contributed by atoms with van der Waals surface area (Å²) in [7, 11) is 0. The van der Waals surface area contributed by atoms with Gasteiger partial charge >= 0.3 is 0 Å². The number of ether oxygens (including phenoxy) is 1. The van der Waals surface area contributed by atoms with Gasteiger partial charge in [0.15, 0.2) is 0 Å². The summed E-state index contributed by atoms with van der Waals surface area (Å²) in [6, 6.07) is -0.358. The highest BCUT2D eigenvalue weighted by Crippen LogP contribution is 2.12. The first-order chi connectivity index (χ1) is 7.25. The molecule has 2 rings (SSSR count). The summed E-state index contributed by atoms with van der Waals surface area (Å²) in [6.45, 7) is 1.47. The van der Waals surface area contributed by atoms with E-state index in [1.165, 1.54) is 6.42 Å². The molecule has 0 bridgehead atoms. The first kappa shape index (κ1) is 10.6. The van der Waals surface area contributed by atoms with E-state index in [-0.39, 0.29) is 30.4 Å². The van der Waals surface area contributed by atoms with Crippen LogP contribution in [0.25, 0.3) is 0 Å². The summed E-state index contributed by atoms with van der Waals surface area (Å²) >= 11 is 0. The van der Waals surface area contributed by atoms with E-state index in [0.717, 1.165) is 19.4 Å². The molecule has 2 N–H and O–H groups in total. The van der Waals surface area contributed by atoms with Gasteiger partial charge in [-0.2, -0.15) is 0 Å². The maximum absolute atomic E-state index is 11.2. The van der Waals surface area contributed by atoms with Crippen molar-refractivity contribution >= 4 is 11.8 Å². The number of rotatable bonds is 3. The van der Waals surface area contributed by atoms with E-state index in [2.05, 4.69) is 10.6 Å². The number of hydrogen-bond donors (Lipinski definition) is 2. The Hall–Kier alpha value is -0.940. The SMILES string of the molecule is O=C1CC(NCC2CCCCO2)C(=O)N1. The van der Waals surface area contributed by atoms with E-state index in [1.54, 1.807) is 0 Å². The Morgan fingerprint density at radius 2 is 2.27 bits per heavy atom. The van der Waals surface area contributed by atoms with Gasteiger partial charge in [0.25, 0.3) is 0 Å². The van der Waals surface area contributed by atoms with Crippen molar-refractivity contribution in [2.24, 2.45) is 0 Å². The topological polar surface area (TPSA) is 67.4 Å². The third-order valence-electron chi connectivity index (χ3n) is 2.83. The van der Waals surface area contributed by atoms with Crippen molar-refractivity contribution in [3.63, 3.8) is 0 Å². The van der Waals surface area contributed by atoms with Crippen molar-refractivity contribution in [3.8, 4) is 0 Å². The third kappa shape index (κ3) is 2.76. The van der Waals surface area contributed by atoms with Crippen molar-refractivity contribution in [3.05, 3.63) is 0 Å². The van der Waals surface area contributed by atoms with Gasteiger partial charge in [-0.15, -0.1) is 0 Å². The van der Waals surface area contributed by atoms with E-state index < -0.39 is 0 Å². The molecule has 0 aromatic rings. The third-order valence-corrected chi connectivity index (χ3v) is 2.83. The van der Waals surface area contributed by atoms with Crippen molar-refractivity contribution in [1.82, 2.24) is 10.6 Å². The minimum atomic E-state index is -0.358. The second-order valence-corrected chi connectivity index (χ2v) is 4.07. The van der Waals surface area contributed by atoms with Gasteiger partial charge in [-0.3, -0.25) is 14.9 Å². The predicted molar refractivity (Wildman–Crippen MR) is 53.1 cm³/mol. The number of carbonyl (C=O) groups excluding carboxylic acids is 2. The molecule has 0 aromatic heterocycles. The molecule has 5 heteroatoms. The molecule has 0 radical (unpaired) electrons. The Morgan fingerprint density at radius 3 is 2.87 bits per heavy atom. The fourth-order valence-corrected chi connectivity index (χ4v) is 1.96. The van der Waals surface area contributed by atoms with E-state index in [1.807, 2.05) is 0 Å². The van der Waals surface area contributed by atoms with Crippen LogP contribution in [0.15, 0.2) is 0 Å². The molecule has 0 spiro atoms. The molecule has 15 heavy (non-hydrogen) atoms. The van der Waals surface area contributed by atoms with Gasteiger partial charge in [0.2, 0.25) is 11.8 Å². The standard InChI is InChI=1S/C10H16N2O3/c13-9-5-8(10(14)12-9)11-6-7-3-1-2-4-15-7/h7-8,11H,1-6H2,(H,12,13,14). The van der Waals surface area contributed by atoms with Crippen LogP contribution in [0.5, 0.6) is 0 Å². The van der Waals surface area contributed by atoms with Gasteiger partial charge < -0.3 is 10.1 Å². The van der Waals surface area contributed by atoms with Crippen molar-refractivity contribution in [2.45, 2.75) is 37.8 Å². The lowest BCUT2D eigenvalue weighted by Gasteiger charge is -2.23. The molecular formula is C10H16N2O3.